The number of carboxylic acid groups (broad SMARTS) is 1. The molecule has 0 amide bonds. The molecule has 0 aliphatic rings. The summed E-state index contributed by atoms with van der Waals surface area (Å²) in [6.45, 7) is 2.85. The summed E-state index contributed by atoms with van der Waals surface area (Å²) in [4.78, 5) is 10.3. The Hall–Kier alpha value is -0.620. The normalized spacial score (nSPS) is 16.5. The number of aliphatic carboxylic acids is 1. The highest BCUT2D eigenvalue weighted by Gasteiger charge is 2.19. The fourth-order valence-electron chi connectivity index (χ4n) is 0.757. The molecule has 6 heteroatoms. The third kappa shape index (κ3) is 4.84. The van der Waals surface area contributed by atoms with Gasteiger partial charge in [0.25, 0.3) is 10.1 Å². The van der Waals surface area contributed by atoms with E-state index in [0.717, 1.165) is 0 Å². The second-order valence-electron chi connectivity index (χ2n) is 3.14. The van der Waals surface area contributed by atoms with Gasteiger partial charge in [-0.3, -0.25) is 9.35 Å². The van der Waals surface area contributed by atoms with Gasteiger partial charge in [0, 0.05) is 0 Å². The summed E-state index contributed by atoms with van der Waals surface area (Å²) in [5, 5.41) is 7.59. The minimum atomic E-state index is -4.02. The first-order chi connectivity index (χ1) is 5.75. The quantitative estimate of drug-likeness (QED) is 0.654. The van der Waals surface area contributed by atoms with Crippen LogP contribution in [0.3, 0.4) is 0 Å². The molecule has 2 atom stereocenters. The van der Waals surface area contributed by atoms with Gasteiger partial charge in [-0.15, -0.1) is 0 Å². The van der Waals surface area contributed by atoms with Gasteiger partial charge in [0.1, 0.15) is 0 Å². The molecule has 0 aliphatic carbocycles. The molecule has 0 aliphatic heterocycles. The van der Waals surface area contributed by atoms with Crippen molar-refractivity contribution in [2.24, 2.45) is 5.92 Å². The molecule has 0 rings (SSSR count). The van der Waals surface area contributed by atoms with Crippen LogP contribution in [-0.2, 0) is 14.9 Å². The molecule has 0 aromatic rings. The number of hydrogen-bond donors (Lipinski definition) is 2. The third-order valence-electron chi connectivity index (χ3n) is 1.94. The summed E-state index contributed by atoms with van der Waals surface area (Å²) in [7, 11) is -4.02. The Balaban J connectivity index is 3.98. The standard InChI is InChI=1S/C7H14O5S/c1-5(7(8)9)3-4-6(2)13(10,11)12/h5-6H,3-4H2,1-2H3,(H,8,9)(H,10,11,12). The molecule has 78 valence electrons. The van der Waals surface area contributed by atoms with Crippen molar-refractivity contribution >= 4 is 16.1 Å². The maximum absolute atomic E-state index is 10.5. The number of rotatable bonds is 5. The fraction of sp³-hybridized carbons (Fsp3) is 0.857. The predicted molar refractivity (Wildman–Crippen MR) is 47.0 cm³/mol. The second kappa shape index (κ2) is 4.57. The zero-order valence-electron chi connectivity index (χ0n) is 7.60. The molecule has 0 aromatic heterocycles. The molecule has 2 unspecified atom stereocenters. The van der Waals surface area contributed by atoms with Crippen LogP contribution in [-0.4, -0.2) is 29.3 Å². The van der Waals surface area contributed by atoms with Crippen LogP contribution in [0.2, 0.25) is 0 Å². The molecule has 5 nitrogen and oxygen atoms in total. The average Bonchev–Trinajstić information content (AvgIpc) is 1.97. The van der Waals surface area contributed by atoms with E-state index in [4.69, 9.17) is 9.66 Å². The van der Waals surface area contributed by atoms with Crippen LogP contribution in [0, 0.1) is 5.92 Å². The molecule has 13 heavy (non-hydrogen) atoms. The molecule has 0 aromatic carbocycles. The van der Waals surface area contributed by atoms with Crippen molar-refractivity contribution in [1.29, 1.82) is 0 Å². The molecule has 2 N–H and O–H groups in total. The van der Waals surface area contributed by atoms with Gasteiger partial charge < -0.3 is 5.11 Å². The first-order valence-electron chi connectivity index (χ1n) is 3.94. The smallest absolute Gasteiger partial charge is 0.306 e. The molecule has 0 saturated carbocycles. The summed E-state index contributed by atoms with van der Waals surface area (Å²) < 4.78 is 29.6. The Bertz CT molecular complexity index is 269. The van der Waals surface area contributed by atoms with Crippen LogP contribution in [0.5, 0.6) is 0 Å². The molecule has 0 heterocycles. The number of carboxylic acids is 1. The van der Waals surface area contributed by atoms with E-state index in [2.05, 4.69) is 0 Å². The lowest BCUT2D eigenvalue weighted by Crippen LogP contribution is -2.19. The number of carbonyl (C=O) groups is 1. The van der Waals surface area contributed by atoms with E-state index in [-0.39, 0.29) is 12.8 Å². The summed E-state index contributed by atoms with van der Waals surface area (Å²) >= 11 is 0. The summed E-state index contributed by atoms with van der Waals surface area (Å²) in [5.41, 5.74) is 0. The van der Waals surface area contributed by atoms with Crippen molar-refractivity contribution in [1.82, 2.24) is 0 Å². The Kier molecular flexibility index (Phi) is 4.35. The van der Waals surface area contributed by atoms with Crippen LogP contribution in [0.15, 0.2) is 0 Å². The van der Waals surface area contributed by atoms with Crippen LogP contribution in [0.25, 0.3) is 0 Å². The van der Waals surface area contributed by atoms with Crippen molar-refractivity contribution in [2.45, 2.75) is 31.9 Å². The van der Waals surface area contributed by atoms with Crippen molar-refractivity contribution in [3.63, 3.8) is 0 Å². The van der Waals surface area contributed by atoms with Crippen molar-refractivity contribution in [3.05, 3.63) is 0 Å². The SMILES string of the molecule is CC(CCC(C)S(=O)(=O)O)C(=O)O. The largest absolute Gasteiger partial charge is 0.481 e. The Morgan fingerprint density at radius 1 is 1.31 bits per heavy atom. The van der Waals surface area contributed by atoms with E-state index in [1.54, 1.807) is 0 Å². The average molecular weight is 210 g/mol. The highest BCUT2D eigenvalue weighted by Crippen LogP contribution is 2.12. The fourth-order valence-corrected chi connectivity index (χ4v) is 1.19. The maximum Gasteiger partial charge on any atom is 0.306 e. The van der Waals surface area contributed by atoms with Gasteiger partial charge >= 0.3 is 5.97 Å². The topological polar surface area (TPSA) is 91.7 Å². The lowest BCUT2D eigenvalue weighted by atomic mass is 10.1. The van der Waals surface area contributed by atoms with Crippen LogP contribution in [0.4, 0.5) is 0 Å². The summed E-state index contributed by atoms with van der Waals surface area (Å²) in [6, 6.07) is 0. The maximum atomic E-state index is 10.5. The first kappa shape index (κ1) is 12.4. The van der Waals surface area contributed by atoms with Gasteiger partial charge in [0.2, 0.25) is 0 Å². The van der Waals surface area contributed by atoms with Crippen molar-refractivity contribution in [3.8, 4) is 0 Å². The van der Waals surface area contributed by atoms with Crippen molar-refractivity contribution in [2.75, 3.05) is 0 Å². The lowest BCUT2D eigenvalue weighted by molar-refractivity contribution is -0.141. The predicted octanol–water partition coefficient (Wildman–Crippen LogP) is 0.764. The highest BCUT2D eigenvalue weighted by atomic mass is 32.2. The Morgan fingerprint density at radius 2 is 1.77 bits per heavy atom. The van der Waals surface area contributed by atoms with Gasteiger partial charge in [-0.05, 0) is 19.8 Å². The van der Waals surface area contributed by atoms with E-state index >= 15 is 0 Å². The minimum absolute atomic E-state index is 0.159. The van der Waals surface area contributed by atoms with E-state index < -0.39 is 27.3 Å². The number of hydrogen-bond acceptors (Lipinski definition) is 3. The molecule has 0 bridgehead atoms. The van der Waals surface area contributed by atoms with E-state index in [9.17, 15) is 13.2 Å². The molecule has 0 spiro atoms. The lowest BCUT2D eigenvalue weighted by Gasteiger charge is -2.09. The van der Waals surface area contributed by atoms with Gasteiger partial charge in [-0.2, -0.15) is 8.42 Å². The van der Waals surface area contributed by atoms with Crippen molar-refractivity contribution < 1.29 is 22.9 Å². The van der Waals surface area contributed by atoms with Gasteiger partial charge in [0.15, 0.2) is 0 Å². The zero-order chi connectivity index (χ0) is 10.6. The van der Waals surface area contributed by atoms with E-state index in [1.807, 2.05) is 0 Å². The first-order valence-corrected chi connectivity index (χ1v) is 5.44. The second-order valence-corrected chi connectivity index (χ2v) is 4.98. The van der Waals surface area contributed by atoms with Crippen LogP contribution >= 0.6 is 0 Å². The monoisotopic (exact) mass is 210 g/mol. The highest BCUT2D eigenvalue weighted by molar-refractivity contribution is 7.86. The van der Waals surface area contributed by atoms with Crippen LogP contribution in [0.1, 0.15) is 26.7 Å². The molecule has 0 radical (unpaired) electrons. The minimum Gasteiger partial charge on any atom is -0.481 e. The van der Waals surface area contributed by atoms with Crippen LogP contribution < -0.4 is 0 Å². The van der Waals surface area contributed by atoms with E-state index in [1.165, 1.54) is 13.8 Å². The molecular formula is C7H14O5S. The third-order valence-corrected chi connectivity index (χ3v) is 3.19. The Labute approximate surface area is 77.5 Å². The summed E-state index contributed by atoms with van der Waals surface area (Å²) in [6.07, 6.45) is 0.405. The molecule has 0 fully saturated rings. The van der Waals surface area contributed by atoms with Gasteiger partial charge in [0.05, 0.1) is 11.2 Å². The van der Waals surface area contributed by atoms with Gasteiger partial charge in [-0.1, -0.05) is 6.92 Å². The van der Waals surface area contributed by atoms with E-state index in [0.29, 0.717) is 0 Å². The molecular weight excluding hydrogens is 196 g/mol. The molecule has 0 saturated heterocycles. The van der Waals surface area contributed by atoms with Gasteiger partial charge in [-0.25, -0.2) is 0 Å². The summed E-state index contributed by atoms with van der Waals surface area (Å²) in [5.74, 6) is -1.54. The zero-order valence-corrected chi connectivity index (χ0v) is 8.41. The Morgan fingerprint density at radius 3 is 2.08 bits per heavy atom.